The monoisotopic (exact) mass is 270 g/mol. The van der Waals surface area contributed by atoms with Gasteiger partial charge in [-0.25, -0.2) is 4.79 Å². The molecule has 1 heterocycles. The number of hydrogen-bond acceptors (Lipinski definition) is 3. The second-order valence-corrected chi connectivity index (χ2v) is 5.17. The lowest BCUT2D eigenvalue weighted by atomic mass is 9.82. The van der Waals surface area contributed by atoms with E-state index in [2.05, 4.69) is 12.1 Å². The summed E-state index contributed by atoms with van der Waals surface area (Å²) in [6, 6.07) is 10.3. The van der Waals surface area contributed by atoms with E-state index < -0.39 is 5.97 Å². The molecule has 0 saturated heterocycles. The van der Waals surface area contributed by atoms with Crippen molar-refractivity contribution in [3.63, 3.8) is 0 Å². The van der Waals surface area contributed by atoms with Gasteiger partial charge in [-0.1, -0.05) is 30.3 Å². The molecule has 0 fully saturated rings. The van der Waals surface area contributed by atoms with Gasteiger partial charge < -0.3 is 9.47 Å². The normalized spacial score (nSPS) is 21.6. The van der Waals surface area contributed by atoms with Crippen molar-refractivity contribution in [3.8, 4) is 0 Å². The topological polar surface area (TPSA) is 35.5 Å². The molecule has 0 spiro atoms. The van der Waals surface area contributed by atoms with Crippen molar-refractivity contribution in [2.45, 2.75) is 31.6 Å². The van der Waals surface area contributed by atoms with Crippen molar-refractivity contribution in [1.82, 2.24) is 0 Å². The van der Waals surface area contributed by atoms with Gasteiger partial charge >= 0.3 is 5.97 Å². The molecule has 1 aromatic carbocycles. The maximum atomic E-state index is 11.8. The molecular weight excluding hydrogens is 252 g/mol. The van der Waals surface area contributed by atoms with Crippen LogP contribution in [0.5, 0.6) is 0 Å². The Morgan fingerprint density at radius 1 is 1.20 bits per heavy atom. The minimum atomic E-state index is -0.400. The Morgan fingerprint density at radius 2 is 1.95 bits per heavy atom. The molecule has 0 radical (unpaired) electrons. The zero-order valence-electron chi connectivity index (χ0n) is 11.6. The fraction of sp³-hybridized carbons (Fsp3) is 0.353. The van der Waals surface area contributed by atoms with E-state index in [0.29, 0.717) is 5.76 Å². The van der Waals surface area contributed by atoms with Crippen LogP contribution in [0.1, 0.15) is 37.2 Å². The Labute approximate surface area is 118 Å². The van der Waals surface area contributed by atoms with Crippen molar-refractivity contribution in [2.24, 2.45) is 0 Å². The van der Waals surface area contributed by atoms with E-state index in [4.69, 9.17) is 9.47 Å². The maximum Gasteiger partial charge on any atom is 0.373 e. The summed E-state index contributed by atoms with van der Waals surface area (Å²) in [5.41, 5.74) is 2.52. The summed E-state index contributed by atoms with van der Waals surface area (Å²) < 4.78 is 10.6. The predicted molar refractivity (Wildman–Crippen MR) is 75.9 cm³/mol. The number of carbonyl (C=O) groups is 1. The van der Waals surface area contributed by atoms with E-state index >= 15 is 0 Å². The largest absolute Gasteiger partial charge is 0.463 e. The Morgan fingerprint density at radius 3 is 2.70 bits per heavy atom. The van der Waals surface area contributed by atoms with Crippen molar-refractivity contribution in [1.29, 1.82) is 0 Å². The van der Waals surface area contributed by atoms with Crippen LogP contribution in [-0.2, 0) is 14.3 Å². The van der Waals surface area contributed by atoms with Crippen molar-refractivity contribution in [2.75, 3.05) is 7.11 Å². The van der Waals surface area contributed by atoms with Gasteiger partial charge in [0.2, 0.25) is 5.76 Å². The maximum absolute atomic E-state index is 11.8. The van der Waals surface area contributed by atoms with Gasteiger partial charge in [-0.3, -0.25) is 0 Å². The molecule has 0 amide bonds. The molecule has 2 aliphatic rings. The third-order valence-electron chi connectivity index (χ3n) is 3.93. The first-order valence-electron chi connectivity index (χ1n) is 7.04. The molecule has 1 aliphatic heterocycles. The second kappa shape index (κ2) is 5.53. The highest BCUT2D eigenvalue weighted by atomic mass is 16.6. The molecular formula is C17H18O3. The average molecular weight is 270 g/mol. The molecule has 1 aromatic rings. The quantitative estimate of drug-likeness (QED) is 0.769. The average Bonchev–Trinajstić information content (AvgIpc) is 2.54. The smallest absolute Gasteiger partial charge is 0.373 e. The number of ether oxygens (including phenoxy) is 2. The molecule has 3 rings (SSSR count). The molecule has 0 saturated carbocycles. The molecule has 0 aromatic heterocycles. The van der Waals surface area contributed by atoms with Gasteiger partial charge in [-0.05, 0) is 36.5 Å². The van der Waals surface area contributed by atoms with Gasteiger partial charge in [0.1, 0.15) is 5.76 Å². The van der Waals surface area contributed by atoms with Crippen LogP contribution in [0.2, 0.25) is 0 Å². The van der Waals surface area contributed by atoms with E-state index in [1.54, 1.807) is 0 Å². The van der Waals surface area contributed by atoms with E-state index in [1.807, 2.05) is 24.3 Å². The number of allylic oxidation sites excluding steroid dienone is 3. The molecule has 104 valence electrons. The van der Waals surface area contributed by atoms with Crippen LogP contribution in [0, 0.1) is 0 Å². The van der Waals surface area contributed by atoms with Gasteiger partial charge in [0.25, 0.3) is 0 Å². The summed E-state index contributed by atoms with van der Waals surface area (Å²) in [7, 11) is 1.38. The van der Waals surface area contributed by atoms with E-state index in [0.717, 1.165) is 25.0 Å². The molecule has 20 heavy (non-hydrogen) atoms. The Hall–Kier alpha value is -2.03. The molecule has 1 aliphatic carbocycles. The number of benzene rings is 1. The summed E-state index contributed by atoms with van der Waals surface area (Å²) in [5, 5.41) is 0. The zero-order valence-corrected chi connectivity index (χ0v) is 11.6. The Kier molecular flexibility index (Phi) is 3.59. The molecule has 0 bridgehead atoms. The highest BCUT2D eigenvalue weighted by Crippen LogP contribution is 2.41. The van der Waals surface area contributed by atoms with Crippen LogP contribution >= 0.6 is 0 Å². The Bertz CT molecular complexity index is 569. The second-order valence-electron chi connectivity index (χ2n) is 5.17. The van der Waals surface area contributed by atoms with Gasteiger partial charge in [-0.2, -0.15) is 0 Å². The van der Waals surface area contributed by atoms with Crippen molar-refractivity contribution in [3.05, 3.63) is 59.1 Å². The molecule has 1 atom stereocenters. The van der Waals surface area contributed by atoms with Crippen molar-refractivity contribution < 1.29 is 14.3 Å². The number of esters is 1. The van der Waals surface area contributed by atoms with Gasteiger partial charge in [-0.15, -0.1) is 0 Å². The first kappa shape index (κ1) is 13.0. The number of methoxy groups -OCH3 is 1. The van der Waals surface area contributed by atoms with Crippen molar-refractivity contribution >= 4 is 5.97 Å². The van der Waals surface area contributed by atoms with E-state index in [1.165, 1.54) is 24.7 Å². The lowest BCUT2D eigenvalue weighted by Crippen LogP contribution is -2.19. The fourth-order valence-electron chi connectivity index (χ4n) is 2.93. The Balaban J connectivity index is 2.01. The van der Waals surface area contributed by atoms with Crippen LogP contribution in [0.15, 0.2) is 53.5 Å². The third kappa shape index (κ3) is 2.36. The molecule has 3 nitrogen and oxygen atoms in total. The van der Waals surface area contributed by atoms with Gasteiger partial charge in [0.05, 0.1) is 7.11 Å². The first-order valence-corrected chi connectivity index (χ1v) is 7.04. The van der Waals surface area contributed by atoms with Crippen LogP contribution in [0.4, 0.5) is 0 Å². The third-order valence-corrected chi connectivity index (χ3v) is 3.93. The van der Waals surface area contributed by atoms with Gasteiger partial charge in [0.15, 0.2) is 0 Å². The standard InChI is InChI=1S/C17H18O3/c1-19-17(18)16-11-14(12-7-3-2-4-8-12)13-9-5-6-10-15(13)20-16/h2-4,7-8,11,14H,5-6,9-10H2,1H3/t14-/m0/s1. The minimum absolute atomic E-state index is 0.134. The molecule has 0 unspecified atom stereocenters. The molecule has 3 heteroatoms. The van der Waals surface area contributed by atoms with Gasteiger partial charge in [0, 0.05) is 12.3 Å². The minimum Gasteiger partial charge on any atom is -0.463 e. The molecule has 0 N–H and O–H groups in total. The zero-order chi connectivity index (χ0) is 13.9. The number of carbonyl (C=O) groups excluding carboxylic acids is 1. The predicted octanol–water partition coefficient (Wildman–Crippen LogP) is 3.69. The summed E-state index contributed by atoms with van der Waals surface area (Å²) in [4.78, 5) is 11.8. The van der Waals surface area contributed by atoms with E-state index in [9.17, 15) is 4.79 Å². The summed E-state index contributed by atoms with van der Waals surface area (Å²) in [5.74, 6) is 1.02. The summed E-state index contributed by atoms with van der Waals surface area (Å²) in [6.07, 6.45) is 6.15. The lowest BCUT2D eigenvalue weighted by molar-refractivity contribution is -0.139. The van der Waals surface area contributed by atoms with Crippen LogP contribution in [0.25, 0.3) is 0 Å². The summed E-state index contributed by atoms with van der Waals surface area (Å²) in [6.45, 7) is 0. The van der Waals surface area contributed by atoms with Crippen LogP contribution < -0.4 is 0 Å². The SMILES string of the molecule is COC(=O)C1=C[C@@H](c2ccccc2)C2=C(CCCC2)O1. The highest BCUT2D eigenvalue weighted by molar-refractivity contribution is 5.87. The number of hydrogen-bond donors (Lipinski definition) is 0. The van der Waals surface area contributed by atoms with Crippen LogP contribution in [0.3, 0.4) is 0 Å². The van der Waals surface area contributed by atoms with Crippen LogP contribution in [-0.4, -0.2) is 13.1 Å². The lowest BCUT2D eigenvalue weighted by Gasteiger charge is -2.30. The van der Waals surface area contributed by atoms with E-state index in [-0.39, 0.29) is 5.92 Å². The first-order chi connectivity index (χ1) is 9.79. The fourth-order valence-corrected chi connectivity index (χ4v) is 2.93. The number of rotatable bonds is 2. The summed E-state index contributed by atoms with van der Waals surface area (Å²) >= 11 is 0. The highest BCUT2D eigenvalue weighted by Gasteiger charge is 2.30.